The van der Waals surface area contributed by atoms with Crippen molar-refractivity contribution in [3.63, 3.8) is 0 Å². The molecule has 2 unspecified atom stereocenters. The second-order valence-corrected chi connectivity index (χ2v) is 9.65. The number of anilines is 1. The number of para-hydroxylation sites is 1. The van der Waals surface area contributed by atoms with Gasteiger partial charge in [-0.15, -0.1) is 0 Å². The molecule has 35 heavy (non-hydrogen) atoms. The van der Waals surface area contributed by atoms with Gasteiger partial charge < -0.3 is 20.4 Å². The molecule has 2 saturated heterocycles. The molecule has 190 valence electrons. The number of amides is 3. The highest BCUT2D eigenvalue weighted by Crippen LogP contribution is 2.36. The molecule has 9 heteroatoms. The second-order valence-electron chi connectivity index (χ2n) is 8.49. The summed E-state index contributed by atoms with van der Waals surface area (Å²) in [5.74, 6) is -0.439. The van der Waals surface area contributed by atoms with Crippen molar-refractivity contribution in [3.05, 3.63) is 53.7 Å². The first kappa shape index (κ1) is 26.4. The molecule has 2 aliphatic rings. The Morgan fingerprint density at radius 3 is 2.83 bits per heavy atom. The normalized spacial score (nSPS) is 20.0. The molecule has 3 rings (SSSR count). The van der Waals surface area contributed by atoms with Gasteiger partial charge in [0.2, 0.25) is 17.7 Å². The van der Waals surface area contributed by atoms with E-state index in [0.717, 1.165) is 23.7 Å². The Labute approximate surface area is 214 Å². The molecule has 2 heterocycles. The lowest BCUT2D eigenvalue weighted by Gasteiger charge is -2.16. The van der Waals surface area contributed by atoms with Crippen LogP contribution in [0.4, 0.5) is 5.69 Å². The Morgan fingerprint density at radius 1 is 1.34 bits per heavy atom. The third-order valence-corrected chi connectivity index (χ3v) is 7.17. The first-order valence-corrected chi connectivity index (χ1v) is 13.0. The van der Waals surface area contributed by atoms with Crippen LogP contribution in [-0.4, -0.2) is 59.0 Å². The lowest BCUT2D eigenvalue weighted by molar-refractivity contribution is -0.128. The number of hydrogen-bond acceptors (Lipinski definition) is 6. The first-order chi connectivity index (χ1) is 17.0. The monoisotopic (exact) mass is 499 g/mol. The molecule has 2 N–H and O–H groups in total. The minimum Gasteiger partial charge on any atom is -0.362 e. The summed E-state index contributed by atoms with van der Waals surface area (Å²) in [7, 11) is 0. The highest BCUT2D eigenvalue weighted by atomic mass is 32.2. The lowest BCUT2D eigenvalue weighted by atomic mass is 10.0. The molecular weight excluding hydrogens is 462 g/mol. The number of carbonyl (C=O) groups is 3. The van der Waals surface area contributed by atoms with Gasteiger partial charge in [0.25, 0.3) is 0 Å². The lowest BCUT2D eigenvalue weighted by Crippen LogP contribution is -2.31. The van der Waals surface area contributed by atoms with Crippen LogP contribution >= 0.6 is 11.8 Å². The zero-order valence-corrected chi connectivity index (χ0v) is 20.9. The summed E-state index contributed by atoms with van der Waals surface area (Å²) in [4.78, 5) is 40.2. The van der Waals surface area contributed by atoms with Crippen molar-refractivity contribution in [2.45, 2.75) is 44.3 Å². The van der Waals surface area contributed by atoms with Crippen LogP contribution in [0.25, 0.3) is 0 Å². The number of allylic oxidation sites excluding steroid dienone is 1. The van der Waals surface area contributed by atoms with Crippen LogP contribution < -0.4 is 10.6 Å². The van der Waals surface area contributed by atoms with E-state index in [1.165, 1.54) is 11.8 Å². The molecule has 1 aromatic carbocycles. The molecule has 3 amide bonds. The Hall–Kier alpha value is -3.25. The van der Waals surface area contributed by atoms with Gasteiger partial charge in [-0.05, 0) is 50.6 Å². The van der Waals surface area contributed by atoms with Gasteiger partial charge in [0.05, 0.1) is 17.0 Å². The van der Waals surface area contributed by atoms with Crippen LogP contribution in [0.1, 0.15) is 41.9 Å². The van der Waals surface area contributed by atoms with Gasteiger partial charge in [0, 0.05) is 47.6 Å². The molecule has 2 aliphatic heterocycles. The van der Waals surface area contributed by atoms with Crippen molar-refractivity contribution >= 4 is 35.2 Å². The molecule has 0 radical (unpaired) electrons. The molecule has 0 aromatic heterocycles. The van der Waals surface area contributed by atoms with Gasteiger partial charge in [0.1, 0.15) is 5.25 Å². The average molecular weight is 500 g/mol. The summed E-state index contributed by atoms with van der Waals surface area (Å²) in [6.45, 7) is 4.41. The topological polar surface area (TPSA) is 106 Å². The van der Waals surface area contributed by atoms with Crippen molar-refractivity contribution in [1.82, 2.24) is 15.1 Å². The van der Waals surface area contributed by atoms with E-state index in [1.807, 2.05) is 54.3 Å². The van der Waals surface area contributed by atoms with Gasteiger partial charge in [-0.2, -0.15) is 5.26 Å². The van der Waals surface area contributed by atoms with Crippen LogP contribution in [0, 0.1) is 17.2 Å². The van der Waals surface area contributed by atoms with Gasteiger partial charge in [-0.3, -0.25) is 14.4 Å². The van der Waals surface area contributed by atoms with E-state index in [9.17, 15) is 19.6 Å². The number of rotatable bonds is 12. The van der Waals surface area contributed by atoms with Gasteiger partial charge >= 0.3 is 0 Å². The first-order valence-electron chi connectivity index (χ1n) is 12.1. The van der Waals surface area contributed by atoms with Crippen LogP contribution in [0.2, 0.25) is 0 Å². The van der Waals surface area contributed by atoms with Crippen molar-refractivity contribution < 1.29 is 17.2 Å². The zero-order valence-electron chi connectivity index (χ0n) is 20.1. The molecule has 0 saturated carbocycles. The maximum Gasteiger partial charge on any atom is 0.244 e. The number of hydrogen-bond donors (Lipinski definition) is 2. The van der Waals surface area contributed by atoms with Crippen LogP contribution in [0.3, 0.4) is 0 Å². The predicted molar refractivity (Wildman–Crippen MR) is 142 cm³/mol. The molecular formula is C26H37N5O3S. The number of nitrogens with one attached hydrogen (secondary N) is 2. The van der Waals surface area contributed by atoms with Crippen molar-refractivity contribution in [2.75, 3.05) is 31.5 Å². The molecule has 2 fully saturated rings. The third kappa shape index (κ3) is 7.89. The smallest absolute Gasteiger partial charge is 0.244 e. The number of likely N-dealkylation sites (tertiary alicyclic amines) is 1. The zero-order chi connectivity index (χ0) is 25.0. The SMILES string of the molecule is CCN1C(=O)C(C=CNc2ccccc2)S/C1=C\CC(C#N)CC(=O)NCCCN1CCCC1=O.[HH].[HH]. The minimum atomic E-state index is -0.466. The summed E-state index contributed by atoms with van der Waals surface area (Å²) >= 11 is 1.46. The quantitative estimate of drug-likeness (QED) is 0.422. The molecule has 0 aliphatic carbocycles. The molecule has 1 aromatic rings. The van der Waals surface area contributed by atoms with Crippen molar-refractivity contribution in [3.8, 4) is 6.07 Å². The van der Waals surface area contributed by atoms with E-state index in [2.05, 4.69) is 16.7 Å². The van der Waals surface area contributed by atoms with Gasteiger partial charge in [-0.1, -0.05) is 36.0 Å². The summed E-state index contributed by atoms with van der Waals surface area (Å²) in [5.41, 5.74) is 0.946. The standard InChI is InChI=1S/C26H33N5O3S.2H2/c1-2-31-25(35-22(26(31)34)13-15-28-21-8-4-3-5-9-21)12-11-20(19-27)18-23(32)29-14-7-17-30-16-6-10-24(30)33;;/h3-5,8-9,12-13,15,20,22,28H,2,6-7,10-11,14,16-18H2,1H3,(H,29,32);2*1H/b15-13?,25-12-;;. The van der Waals surface area contributed by atoms with E-state index in [1.54, 1.807) is 11.1 Å². The van der Waals surface area contributed by atoms with E-state index < -0.39 is 5.92 Å². The molecule has 2 atom stereocenters. The minimum absolute atomic E-state index is 0. The number of nitrogens with zero attached hydrogens (tertiary/aromatic N) is 3. The fourth-order valence-corrected chi connectivity index (χ4v) is 5.21. The van der Waals surface area contributed by atoms with E-state index in [0.29, 0.717) is 38.9 Å². The summed E-state index contributed by atoms with van der Waals surface area (Å²) in [6.07, 6.45) is 8.26. The highest BCUT2D eigenvalue weighted by molar-refractivity contribution is 8.05. The number of nitriles is 1. The predicted octanol–water partition coefficient (Wildman–Crippen LogP) is 3.96. The number of carbonyl (C=O) groups excluding carboxylic acids is 3. The average Bonchev–Trinajstić information content (AvgIpc) is 3.41. The Kier molecular flexibility index (Phi) is 10.2. The van der Waals surface area contributed by atoms with Crippen molar-refractivity contribution in [2.24, 2.45) is 5.92 Å². The van der Waals surface area contributed by atoms with Crippen LogP contribution in [-0.2, 0) is 14.4 Å². The Balaban J connectivity index is 0.00000342. The molecule has 0 spiro atoms. The summed E-state index contributed by atoms with van der Waals surface area (Å²) < 4.78 is 0. The fraction of sp³-hybridized carbons (Fsp3) is 0.462. The molecule has 0 bridgehead atoms. The Bertz CT molecular complexity index is 1000. The largest absolute Gasteiger partial charge is 0.362 e. The van der Waals surface area contributed by atoms with Crippen LogP contribution in [0.15, 0.2) is 53.7 Å². The fourth-order valence-electron chi connectivity index (χ4n) is 4.02. The summed E-state index contributed by atoms with van der Waals surface area (Å²) in [5, 5.41) is 16.0. The van der Waals surface area contributed by atoms with E-state index >= 15 is 0 Å². The highest BCUT2D eigenvalue weighted by Gasteiger charge is 2.34. The van der Waals surface area contributed by atoms with E-state index in [4.69, 9.17) is 0 Å². The molecule has 8 nitrogen and oxygen atoms in total. The Morgan fingerprint density at radius 2 is 2.14 bits per heavy atom. The van der Waals surface area contributed by atoms with Crippen LogP contribution in [0.5, 0.6) is 0 Å². The van der Waals surface area contributed by atoms with Gasteiger partial charge in [-0.25, -0.2) is 0 Å². The maximum absolute atomic E-state index is 12.8. The second kappa shape index (κ2) is 13.6. The summed E-state index contributed by atoms with van der Waals surface area (Å²) in [6, 6.07) is 11.9. The van der Waals surface area contributed by atoms with Gasteiger partial charge in [0.15, 0.2) is 0 Å². The third-order valence-electron chi connectivity index (χ3n) is 5.92. The number of thioether (sulfide) groups is 1. The van der Waals surface area contributed by atoms with Crippen molar-refractivity contribution in [1.29, 1.82) is 5.26 Å². The maximum atomic E-state index is 12.8. The number of benzene rings is 1. The van der Waals surface area contributed by atoms with E-state index in [-0.39, 0.29) is 32.2 Å².